The van der Waals surface area contributed by atoms with Crippen molar-refractivity contribution in [3.63, 3.8) is 0 Å². The summed E-state index contributed by atoms with van der Waals surface area (Å²) in [6, 6.07) is 12.8. The second-order valence-corrected chi connectivity index (χ2v) is 7.23. The van der Waals surface area contributed by atoms with E-state index in [-0.39, 0.29) is 34.5 Å². The molecule has 0 heterocycles. The van der Waals surface area contributed by atoms with Gasteiger partial charge < -0.3 is 14.4 Å². The summed E-state index contributed by atoms with van der Waals surface area (Å²) in [7, 11) is 3.00. The van der Waals surface area contributed by atoms with E-state index in [1.54, 1.807) is 25.1 Å². The van der Waals surface area contributed by atoms with Crippen LogP contribution in [-0.4, -0.2) is 41.2 Å². The van der Waals surface area contributed by atoms with Crippen LogP contribution in [0.25, 0.3) is 0 Å². The minimum Gasteiger partial charge on any atom is -0.744 e. The van der Waals surface area contributed by atoms with E-state index < -0.39 is 10.1 Å². The standard InChI is InChI=1S/C17H22N2O3S.Na/c1-18(2)15-8-5-13(6-9-15)11-14-7-10-16(19(3)4)12-17(14)23(20,21)22;/h5-10,12H,11H2,1-4H3,(H,20,21,22);/q;+1/p-1. The van der Waals surface area contributed by atoms with Gasteiger partial charge in [-0.25, -0.2) is 8.42 Å². The average Bonchev–Trinajstić information content (AvgIpc) is 2.46. The van der Waals surface area contributed by atoms with Crippen LogP contribution in [0.1, 0.15) is 11.1 Å². The first-order chi connectivity index (χ1) is 10.7. The van der Waals surface area contributed by atoms with E-state index in [0.717, 1.165) is 11.3 Å². The molecule has 0 saturated carbocycles. The number of benzene rings is 2. The fourth-order valence-electron chi connectivity index (χ4n) is 2.33. The Kier molecular flexibility index (Phi) is 7.31. The first-order valence-electron chi connectivity index (χ1n) is 7.21. The summed E-state index contributed by atoms with van der Waals surface area (Å²) in [6.45, 7) is 0. The van der Waals surface area contributed by atoms with Gasteiger partial charge in [-0.2, -0.15) is 0 Å². The van der Waals surface area contributed by atoms with Gasteiger partial charge in [-0.15, -0.1) is 0 Å². The Hall–Kier alpha value is -1.05. The Morgan fingerprint density at radius 1 is 0.875 bits per heavy atom. The topological polar surface area (TPSA) is 63.7 Å². The van der Waals surface area contributed by atoms with E-state index in [1.807, 2.05) is 49.3 Å². The molecule has 2 aromatic carbocycles. The van der Waals surface area contributed by atoms with Gasteiger partial charge in [-0.3, -0.25) is 0 Å². The van der Waals surface area contributed by atoms with Gasteiger partial charge in [0.25, 0.3) is 0 Å². The van der Waals surface area contributed by atoms with Gasteiger partial charge in [0.2, 0.25) is 0 Å². The van der Waals surface area contributed by atoms with Crippen LogP contribution in [0.4, 0.5) is 11.4 Å². The van der Waals surface area contributed by atoms with Crippen LogP contribution in [0.5, 0.6) is 0 Å². The molecule has 0 unspecified atom stereocenters. The molecule has 0 amide bonds. The van der Waals surface area contributed by atoms with Crippen LogP contribution in [0.3, 0.4) is 0 Å². The molecule has 0 aliphatic rings. The maximum atomic E-state index is 11.6. The zero-order valence-electron chi connectivity index (χ0n) is 14.8. The molecule has 0 bridgehead atoms. The molecule has 24 heavy (non-hydrogen) atoms. The van der Waals surface area contributed by atoms with Gasteiger partial charge in [0, 0.05) is 39.6 Å². The zero-order valence-corrected chi connectivity index (χ0v) is 17.6. The van der Waals surface area contributed by atoms with Gasteiger partial charge in [-0.05, 0) is 41.8 Å². The number of hydrogen-bond acceptors (Lipinski definition) is 5. The number of hydrogen-bond donors (Lipinski definition) is 0. The molecule has 0 aromatic heterocycles. The van der Waals surface area contributed by atoms with Gasteiger partial charge >= 0.3 is 29.6 Å². The quantitative estimate of drug-likeness (QED) is 0.525. The third-order valence-electron chi connectivity index (χ3n) is 3.68. The summed E-state index contributed by atoms with van der Waals surface area (Å²) < 4.78 is 34.7. The SMILES string of the molecule is CN(C)c1ccc(Cc2ccc(N(C)C)cc2S(=O)(=O)[O-])cc1.[Na+]. The monoisotopic (exact) mass is 356 g/mol. The minimum absolute atomic E-state index is 0. The van der Waals surface area contributed by atoms with E-state index in [4.69, 9.17) is 0 Å². The minimum atomic E-state index is -4.52. The van der Waals surface area contributed by atoms with Crippen molar-refractivity contribution in [1.82, 2.24) is 0 Å². The van der Waals surface area contributed by atoms with Crippen molar-refractivity contribution in [2.24, 2.45) is 0 Å². The second kappa shape index (κ2) is 8.36. The Balaban J connectivity index is 0.00000288. The predicted molar refractivity (Wildman–Crippen MR) is 92.3 cm³/mol. The van der Waals surface area contributed by atoms with Crippen LogP contribution in [0.15, 0.2) is 47.4 Å². The largest absolute Gasteiger partial charge is 1.00 e. The van der Waals surface area contributed by atoms with Crippen molar-refractivity contribution in [2.45, 2.75) is 11.3 Å². The van der Waals surface area contributed by atoms with Crippen LogP contribution in [0, 0.1) is 0 Å². The van der Waals surface area contributed by atoms with Crippen molar-refractivity contribution in [2.75, 3.05) is 38.0 Å². The number of rotatable bonds is 5. The molecular formula is C17H21N2NaO3S. The molecule has 0 fully saturated rings. The van der Waals surface area contributed by atoms with Crippen LogP contribution < -0.4 is 39.4 Å². The zero-order chi connectivity index (χ0) is 17.2. The molecule has 0 radical (unpaired) electrons. The van der Waals surface area contributed by atoms with Crippen molar-refractivity contribution < 1.29 is 42.5 Å². The van der Waals surface area contributed by atoms with Gasteiger partial charge in [0.05, 0.1) is 4.90 Å². The summed E-state index contributed by atoms with van der Waals surface area (Å²) in [5, 5.41) is 0. The summed E-state index contributed by atoms with van der Waals surface area (Å²) in [4.78, 5) is 3.61. The van der Waals surface area contributed by atoms with E-state index in [9.17, 15) is 13.0 Å². The third-order valence-corrected chi connectivity index (χ3v) is 4.60. The Bertz CT molecular complexity index is 788. The van der Waals surface area contributed by atoms with Crippen molar-refractivity contribution in [3.8, 4) is 0 Å². The molecule has 0 N–H and O–H groups in total. The maximum absolute atomic E-state index is 11.6. The third kappa shape index (κ3) is 5.22. The molecule has 0 atom stereocenters. The van der Waals surface area contributed by atoms with Crippen molar-refractivity contribution in [1.29, 1.82) is 0 Å². The van der Waals surface area contributed by atoms with E-state index in [2.05, 4.69) is 0 Å². The molecule has 0 aliphatic heterocycles. The number of anilines is 2. The van der Waals surface area contributed by atoms with Gasteiger partial charge in [0.1, 0.15) is 10.1 Å². The molecule has 0 saturated heterocycles. The summed E-state index contributed by atoms with van der Waals surface area (Å²) >= 11 is 0. The Labute approximate surface area is 166 Å². The molecule has 124 valence electrons. The van der Waals surface area contributed by atoms with Crippen LogP contribution in [-0.2, 0) is 16.5 Å². The van der Waals surface area contributed by atoms with Gasteiger partial charge in [0.15, 0.2) is 0 Å². The van der Waals surface area contributed by atoms with Gasteiger partial charge in [-0.1, -0.05) is 18.2 Å². The molecule has 0 spiro atoms. The molecule has 0 aliphatic carbocycles. The first kappa shape index (κ1) is 21.0. The number of nitrogens with zero attached hydrogens (tertiary/aromatic N) is 2. The predicted octanol–water partition coefficient (Wildman–Crippen LogP) is -0.682. The summed E-state index contributed by atoms with van der Waals surface area (Å²) in [6.07, 6.45) is 0.401. The summed E-state index contributed by atoms with van der Waals surface area (Å²) in [5.74, 6) is 0. The van der Waals surface area contributed by atoms with E-state index in [0.29, 0.717) is 17.7 Å². The smallest absolute Gasteiger partial charge is 0.744 e. The van der Waals surface area contributed by atoms with Crippen LogP contribution >= 0.6 is 0 Å². The maximum Gasteiger partial charge on any atom is 1.00 e. The second-order valence-electron chi connectivity index (χ2n) is 5.88. The fourth-order valence-corrected chi connectivity index (χ4v) is 3.06. The van der Waals surface area contributed by atoms with Crippen LogP contribution in [0.2, 0.25) is 0 Å². The van der Waals surface area contributed by atoms with Crippen molar-refractivity contribution >= 4 is 21.5 Å². The molecular weight excluding hydrogens is 335 g/mol. The molecule has 2 rings (SSSR count). The first-order valence-corrected chi connectivity index (χ1v) is 8.61. The Morgan fingerprint density at radius 2 is 1.38 bits per heavy atom. The molecule has 7 heteroatoms. The average molecular weight is 356 g/mol. The van der Waals surface area contributed by atoms with E-state index >= 15 is 0 Å². The molecule has 2 aromatic rings. The summed E-state index contributed by atoms with van der Waals surface area (Å²) in [5.41, 5.74) is 3.22. The molecule has 5 nitrogen and oxygen atoms in total. The van der Waals surface area contributed by atoms with E-state index in [1.165, 1.54) is 6.07 Å². The normalized spacial score (nSPS) is 10.9. The fraction of sp³-hybridized carbons (Fsp3) is 0.294. The Morgan fingerprint density at radius 3 is 1.83 bits per heavy atom. The van der Waals surface area contributed by atoms with Crippen molar-refractivity contribution in [3.05, 3.63) is 53.6 Å².